The van der Waals surface area contributed by atoms with E-state index >= 15 is 0 Å². The molecule has 0 N–H and O–H groups in total. The maximum absolute atomic E-state index is 5.05. The molecule has 5 heteroatoms. The summed E-state index contributed by atoms with van der Waals surface area (Å²) in [5.74, 6) is 5.12. The number of fused-ring (bicyclic) bond motifs is 3. The van der Waals surface area contributed by atoms with Crippen LogP contribution in [0.4, 0.5) is 0 Å². The molecule has 1 aliphatic heterocycles. The van der Waals surface area contributed by atoms with Crippen LogP contribution in [0.25, 0.3) is 5.69 Å². The Morgan fingerprint density at radius 2 is 1.75 bits per heavy atom. The van der Waals surface area contributed by atoms with Gasteiger partial charge in [-0.25, -0.2) is 0 Å². The van der Waals surface area contributed by atoms with Gasteiger partial charge in [0.1, 0.15) is 19.9 Å². The minimum Gasteiger partial charge on any atom is -0.281 e. The van der Waals surface area contributed by atoms with Crippen molar-refractivity contribution >= 4 is 13.8 Å². The van der Waals surface area contributed by atoms with Gasteiger partial charge < -0.3 is 0 Å². The topological polar surface area (TPSA) is 43.1 Å². The van der Waals surface area contributed by atoms with E-state index in [0.29, 0.717) is 0 Å². The molecule has 0 saturated heterocycles. The average molecular weight is 385 g/mol. The van der Waals surface area contributed by atoms with Crippen molar-refractivity contribution in [3.05, 3.63) is 76.9 Å². The highest BCUT2D eigenvalue weighted by Crippen LogP contribution is 2.31. The van der Waals surface area contributed by atoms with E-state index in [1.165, 1.54) is 0 Å². The lowest BCUT2D eigenvalue weighted by Gasteiger charge is -2.13. The molecule has 140 valence electrons. The van der Waals surface area contributed by atoms with Gasteiger partial charge in [0.25, 0.3) is 0 Å². The minimum absolute atomic E-state index is 0.0830. The molecule has 4 nitrogen and oxygen atoms in total. The van der Waals surface area contributed by atoms with E-state index in [0.717, 1.165) is 39.7 Å². The monoisotopic (exact) mass is 384 g/mol. The molecule has 28 heavy (non-hydrogen) atoms. The van der Waals surface area contributed by atoms with Crippen molar-refractivity contribution in [1.82, 2.24) is 14.8 Å². The SMILES string of the molecule is Cc1nnc2n1-c1ccc(C#C[Si](C)(C)C)cc1C(c1ccccc1)=N[C@H]2C. The van der Waals surface area contributed by atoms with Crippen LogP contribution >= 0.6 is 0 Å². The fourth-order valence-corrected chi connectivity index (χ4v) is 3.87. The summed E-state index contributed by atoms with van der Waals surface area (Å²) in [7, 11) is -1.45. The standard InChI is InChI=1S/C23H24N4Si/c1-16-23-26-25-17(2)27(23)21-12-11-18(13-14-28(3,4)5)15-20(21)22(24-16)19-9-7-6-8-10-19/h6-12,15-16H,1-5H3/t16-/m0/s1. The van der Waals surface area contributed by atoms with E-state index in [1.54, 1.807) is 0 Å². The number of benzene rings is 2. The second kappa shape index (κ2) is 6.88. The number of nitrogens with zero attached hydrogens (tertiary/aromatic N) is 4. The van der Waals surface area contributed by atoms with Crippen molar-refractivity contribution in [2.75, 3.05) is 0 Å². The third-order valence-corrected chi connectivity index (χ3v) is 5.54. The predicted octanol–water partition coefficient (Wildman–Crippen LogP) is 4.72. The van der Waals surface area contributed by atoms with Crippen LogP contribution in [0.5, 0.6) is 0 Å². The van der Waals surface area contributed by atoms with Gasteiger partial charge >= 0.3 is 0 Å². The Hall–Kier alpha value is -2.97. The normalized spacial score (nSPS) is 15.6. The molecule has 0 spiro atoms. The fraction of sp³-hybridized carbons (Fsp3) is 0.261. The fourth-order valence-electron chi connectivity index (χ4n) is 3.35. The highest BCUT2D eigenvalue weighted by atomic mass is 28.3. The van der Waals surface area contributed by atoms with Crippen LogP contribution in [-0.2, 0) is 0 Å². The minimum atomic E-state index is -1.45. The van der Waals surface area contributed by atoms with Crippen LogP contribution in [0.1, 0.15) is 41.3 Å². The molecule has 1 aliphatic rings. The molecule has 4 rings (SSSR count). The van der Waals surface area contributed by atoms with E-state index < -0.39 is 8.07 Å². The molecule has 0 amide bonds. The Kier molecular flexibility index (Phi) is 4.52. The molecule has 0 fully saturated rings. The zero-order valence-corrected chi connectivity index (χ0v) is 18.0. The van der Waals surface area contributed by atoms with Crippen LogP contribution in [0.3, 0.4) is 0 Å². The molecular weight excluding hydrogens is 360 g/mol. The number of aliphatic imine (C=N–C) groups is 1. The highest BCUT2D eigenvalue weighted by molar-refractivity contribution is 6.83. The highest BCUT2D eigenvalue weighted by Gasteiger charge is 2.25. The van der Waals surface area contributed by atoms with Crippen molar-refractivity contribution in [3.8, 4) is 17.2 Å². The zero-order valence-electron chi connectivity index (χ0n) is 17.0. The van der Waals surface area contributed by atoms with Gasteiger partial charge in [0, 0.05) is 16.7 Å². The van der Waals surface area contributed by atoms with E-state index in [1.807, 2.05) is 25.1 Å². The lowest BCUT2D eigenvalue weighted by atomic mass is 9.98. The summed E-state index contributed by atoms with van der Waals surface area (Å²) in [6.45, 7) is 10.8. The van der Waals surface area contributed by atoms with E-state index in [9.17, 15) is 0 Å². The van der Waals surface area contributed by atoms with Crippen molar-refractivity contribution in [1.29, 1.82) is 0 Å². The molecule has 0 bridgehead atoms. The van der Waals surface area contributed by atoms with Gasteiger partial charge in [-0.15, -0.1) is 15.7 Å². The molecule has 0 saturated carbocycles. The molecule has 0 unspecified atom stereocenters. The first-order chi connectivity index (χ1) is 13.3. The maximum Gasteiger partial charge on any atom is 0.162 e. The van der Waals surface area contributed by atoms with Gasteiger partial charge in [0.05, 0.1) is 11.4 Å². The third-order valence-electron chi connectivity index (χ3n) is 4.67. The average Bonchev–Trinajstić information content (AvgIpc) is 3.00. The van der Waals surface area contributed by atoms with Crippen LogP contribution < -0.4 is 0 Å². The van der Waals surface area contributed by atoms with Crippen LogP contribution in [0.2, 0.25) is 19.6 Å². The summed E-state index contributed by atoms with van der Waals surface area (Å²) in [5.41, 5.74) is 8.69. The van der Waals surface area contributed by atoms with Crippen molar-refractivity contribution in [3.63, 3.8) is 0 Å². The summed E-state index contributed by atoms with van der Waals surface area (Å²) in [6, 6.07) is 16.6. The molecule has 3 aromatic rings. The summed E-state index contributed by atoms with van der Waals surface area (Å²) >= 11 is 0. The number of rotatable bonds is 1. The Bertz CT molecular complexity index is 1120. The first-order valence-electron chi connectivity index (χ1n) is 9.56. The second-order valence-electron chi connectivity index (χ2n) is 8.19. The predicted molar refractivity (Wildman–Crippen MR) is 117 cm³/mol. The van der Waals surface area contributed by atoms with Crippen LogP contribution in [-0.4, -0.2) is 28.6 Å². The number of hydrogen-bond donors (Lipinski definition) is 0. The molecule has 2 heterocycles. The maximum atomic E-state index is 5.05. The molecule has 1 aromatic heterocycles. The lowest BCUT2D eigenvalue weighted by Crippen LogP contribution is -2.16. The summed E-state index contributed by atoms with van der Waals surface area (Å²) in [6.07, 6.45) is 0. The second-order valence-corrected chi connectivity index (χ2v) is 12.9. The van der Waals surface area contributed by atoms with E-state index in [4.69, 9.17) is 4.99 Å². The first-order valence-corrected chi connectivity index (χ1v) is 13.1. The number of aromatic nitrogens is 3. The van der Waals surface area contributed by atoms with E-state index in [2.05, 4.69) is 83.1 Å². The quantitative estimate of drug-likeness (QED) is 0.450. The van der Waals surface area contributed by atoms with Crippen LogP contribution in [0.15, 0.2) is 53.5 Å². The molecular formula is C23H24N4Si. The van der Waals surface area contributed by atoms with E-state index in [-0.39, 0.29) is 6.04 Å². The summed E-state index contributed by atoms with van der Waals surface area (Å²) < 4.78 is 2.12. The third kappa shape index (κ3) is 3.44. The number of aryl methyl sites for hydroxylation is 1. The van der Waals surface area contributed by atoms with Gasteiger partial charge in [-0.1, -0.05) is 55.9 Å². The van der Waals surface area contributed by atoms with Gasteiger partial charge in [-0.3, -0.25) is 9.56 Å². The number of hydrogen-bond acceptors (Lipinski definition) is 3. The van der Waals surface area contributed by atoms with Crippen molar-refractivity contribution in [2.45, 2.75) is 39.5 Å². The Labute approximate surface area is 167 Å². The Morgan fingerprint density at radius 1 is 1.00 bits per heavy atom. The largest absolute Gasteiger partial charge is 0.281 e. The Morgan fingerprint density at radius 3 is 2.46 bits per heavy atom. The first kappa shape index (κ1) is 18.4. The van der Waals surface area contributed by atoms with Gasteiger partial charge in [-0.2, -0.15) is 0 Å². The molecule has 0 radical (unpaired) electrons. The summed E-state index contributed by atoms with van der Waals surface area (Å²) in [4.78, 5) is 5.05. The molecule has 1 atom stereocenters. The van der Waals surface area contributed by atoms with Gasteiger partial charge in [0.2, 0.25) is 0 Å². The van der Waals surface area contributed by atoms with Gasteiger partial charge in [0.15, 0.2) is 5.82 Å². The summed E-state index contributed by atoms with van der Waals surface area (Å²) in [5, 5.41) is 8.70. The molecule has 2 aromatic carbocycles. The zero-order chi connectivity index (χ0) is 19.9. The van der Waals surface area contributed by atoms with Crippen molar-refractivity contribution in [2.24, 2.45) is 4.99 Å². The lowest BCUT2D eigenvalue weighted by molar-refractivity contribution is 0.721. The van der Waals surface area contributed by atoms with Crippen LogP contribution in [0, 0.1) is 18.4 Å². The molecule has 0 aliphatic carbocycles. The van der Waals surface area contributed by atoms with Crippen molar-refractivity contribution < 1.29 is 0 Å². The smallest absolute Gasteiger partial charge is 0.162 e. The van der Waals surface area contributed by atoms with Gasteiger partial charge in [-0.05, 0) is 32.0 Å². The Balaban J connectivity index is 1.98.